The molecule has 0 bridgehead atoms. The molecule has 0 unspecified atom stereocenters. The maximum atomic E-state index is 12.3. The van der Waals surface area contributed by atoms with Crippen molar-refractivity contribution < 1.29 is 9.53 Å². The summed E-state index contributed by atoms with van der Waals surface area (Å²) in [5.41, 5.74) is 2.65. The highest BCUT2D eigenvalue weighted by atomic mass is 16.5. The summed E-state index contributed by atoms with van der Waals surface area (Å²) in [6.45, 7) is 8.79. The third-order valence-electron chi connectivity index (χ3n) is 3.73. The van der Waals surface area contributed by atoms with E-state index in [9.17, 15) is 4.79 Å². The lowest BCUT2D eigenvalue weighted by molar-refractivity contribution is -0.122. The van der Waals surface area contributed by atoms with Crippen molar-refractivity contribution in [2.24, 2.45) is 7.05 Å². The number of amides is 1. The minimum Gasteiger partial charge on any atom is -0.379 e. The van der Waals surface area contributed by atoms with E-state index in [1.165, 1.54) is 0 Å². The summed E-state index contributed by atoms with van der Waals surface area (Å²) in [4.78, 5) is 14.4. The van der Waals surface area contributed by atoms with Crippen LogP contribution in [0.1, 0.15) is 18.3 Å². The summed E-state index contributed by atoms with van der Waals surface area (Å²) in [6, 6.07) is -0.150. The van der Waals surface area contributed by atoms with E-state index in [2.05, 4.69) is 15.3 Å². The molecule has 106 valence electrons. The molecule has 0 spiro atoms. The van der Waals surface area contributed by atoms with Crippen molar-refractivity contribution in [2.75, 3.05) is 31.6 Å². The number of morpholine rings is 1. The lowest BCUT2D eigenvalue weighted by Crippen LogP contribution is -2.47. The third kappa shape index (κ3) is 2.96. The van der Waals surface area contributed by atoms with Crippen molar-refractivity contribution in [3.8, 4) is 0 Å². The topological polar surface area (TPSA) is 59.4 Å². The van der Waals surface area contributed by atoms with E-state index in [-0.39, 0.29) is 11.9 Å². The summed E-state index contributed by atoms with van der Waals surface area (Å²) in [5.74, 6) is 0.0149. The van der Waals surface area contributed by atoms with E-state index in [4.69, 9.17) is 4.74 Å². The van der Waals surface area contributed by atoms with Gasteiger partial charge in [0, 0.05) is 20.1 Å². The zero-order valence-electron chi connectivity index (χ0n) is 12.1. The Kier molecular flexibility index (Phi) is 4.21. The van der Waals surface area contributed by atoms with E-state index >= 15 is 0 Å². The Balaban J connectivity index is 2.03. The van der Waals surface area contributed by atoms with E-state index in [0.717, 1.165) is 30.2 Å². The van der Waals surface area contributed by atoms with Crippen LogP contribution in [0, 0.1) is 13.8 Å². The Hall–Kier alpha value is -1.40. The standard InChI is InChI=1S/C13H22N4O2/c1-9-12(10(2)16(4)15-9)14-13(18)11(3)17-5-7-19-8-6-17/h11H,5-8H2,1-4H3,(H,14,18)/t11-/m1/s1. The molecule has 6 heteroatoms. The largest absolute Gasteiger partial charge is 0.379 e. The van der Waals surface area contributed by atoms with Crippen molar-refractivity contribution in [3.63, 3.8) is 0 Å². The first-order valence-corrected chi connectivity index (χ1v) is 6.63. The summed E-state index contributed by atoms with van der Waals surface area (Å²) in [6.07, 6.45) is 0. The summed E-state index contributed by atoms with van der Waals surface area (Å²) < 4.78 is 7.08. The van der Waals surface area contributed by atoms with Crippen LogP contribution in [-0.2, 0) is 16.6 Å². The van der Waals surface area contributed by atoms with Crippen molar-refractivity contribution in [1.82, 2.24) is 14.7 Å². The fourth-order valence-electron chi connectivity index (χ4n) is 2.31. The van der Waals surface area contributed by atoms with Crippen LogP contribution in [0.5, 0.6) is 0 Å². The fraction of sp³-hybridized carbons (Fsp3) is 0.692. The number of rotatable bonds is 3. The van der Waals surface area contributed by atoms with Crippen molar-refractivity contribution >= 4 is 11.6 Å². The number of hydrogen-bond acceptors (Lipinski definition) is 4. The van der Waals surface area contributed by atoms with Gasteiger partial charge in [-0.15, -0.1) is 0 Å². The summed E-state index contributed by atoms with van der Waals surface area (Å²) in [7, 11) is 1.88. The number of nitrogens with one attached hydrogen (secondary N) is 1. The number of ether oxygens (including phenoxy) is 1. The van der Waals surface area contributed by atoms with Gasteiger partial charge in [-0.25, -0.2) is 0 Å². The Morgan fingerprint density at radius 1 is 1.37 bits per heavy atom. The lowest BCUT2D eigenvalue weighted by atomic mass is 10.2. The van der Waals surface area contributed by atoms with Crippen molar-refractivity contribution in [2.45, 2.75) is 26.8 Å². The van der Waals surface area contributed by atoms with Gasteiger partial charge in [-0.3, -0.25) is 14.4 Å². The fourth-order valence-corrected chi connectivity index (χ4v) is 2.31. The van der Waals surface area contributed by atoms with Crippen LogP contribution in [0.2, 0.25) is 0 Å². The molecular weight excluding hydrogens is 244 g/mol. The Bertz CT molecular complexity index is 463. The molecule has 1 aromatic rings. The van der Waals surface area contributed by atoms with E-state index in [0.29, 0.717) is 13.2 Å². The van der Waals surface area contributed by atoms with Gasteiger partial charge in [0.1, 0.15) is 0 Å². The Morgan fingerprint density at radius 3 is 2.53 bits per heavy atom. The van der Waals surface area contributed by atoms with Crippen molar-refractivity contribution in [3.05, 3.63) is 11.4 Å². The normalized spacial score (nSPS) is 18.3. The van der Waals surface area contributed by atoms with Gasteiger partial charge in [0.25, 0.3) is 0 Å². The molecule has 6 nitrogen and oxygen atoms in total. The molecule has 1 aliphatic rings. The number of aromatic nitrogens is 2. The zero-order chi connectivity index (χ0) is 14.0. The molecule has 2 rings (SSSR count). The van der Waals surface area contributed by atoms with Gasteiger partial charge in [0.15, 0.2) is 0 Å². The molecule has 0 aromatic carbocycles. The second-order valence-corrected chi connectivity index (χ2v) is 4.98. The first kappa shape index (κ1) is 14.0. The van der Waals surface area contributed by atoms with Crippen LogP contribution in [0.4, 0.5) is 5.69 Å². The lowest BCUT2D eigenvalue weighted by Gasteiger charge is -2.31. The van der Waals surface area contributed by atoms with Gasteiger partial charge in [0.2, 0.25) is 5.91 Å². The van der Waals surface area contributed by atoms with E-state index in [1.807, 2.05) is 27.8 Å². The van der Waals surface area contributed by atoms with Crippen LogP contribution in [0.3, 0.4) is 0 Å². The quantitative estimate of drug-likeness (QED) is 0.875. The molecular formula is C13H22N4O2. The minimum atomic E-state index is -0.150. The zero-order valence-corrected chi connectivity index (χ0v) is 12.1. The van der Waals surface area contributed by atoms with Crippen LogP contribution < -0.4 is 5.32 Å². The molecule has 1 aliphatic heterocycles. The molecule has 1 aromatic heterocycles. The number of carbonyl (C=O) groups is 1. The first-order chi connectivity index (χ1) is 9.00. The number of aryl methyl sites for hydroxylation is 2. The number of nitrogens with zero attached hydrogens (tertiary/aromatic N) is 3. The highest BCUT2D eigenvalue weighted by Crippen LogP contribution is 2.19. The Labute approximate surface area is 113 Å². The molecule has 0 aliphatic carbocycles. The van der Waals surface area contributed by atoms with Gasteiger partial charge in [-0.05, 0) is 20.8 Å². The summed E-state index contributed by atoms with van der Waals surface area (Å²) >= 11 is 0. The molecule has 19 heavy (non-hydrogen) atoms. The van der Waals surface area contributed by atoms with Crippen molar-refractivity contribution in [1.29, 1.82) is 0 Å². The highest BCUT2D eigenvalue weighted by molar-refractivity contribution is 5.95. The second-order valence-electron chi connectivity index (χ2n) is 4.98. The van der Waals surface area contributed by atoms with Gasteiger partial charge in [-0.2, -0.15) is 5.10 Å². The van der Waals surface area contributed by atoms with E-state index < -0.39 is 0 Å². The van der Waals surface area contributed by atoms with Crippen LogP contribution >= 0.6 is 0 Å². The molecule has 0 radical (unpaired) electrons. The number of anilines is 1. The Morgan fingerprint density at radius 2 is 2.00 bits per heavy atom. The van der Waals surface area contributed by atoms with Gasteiger partial charge in [0.05, 0.1) is 36.3 Å². The molecule has 1 atom stereocenters. The molecule has 1 N–H and O–H groups in total. The van der Waals surface area contributed by atoms with Gasteiger partial charge >= 0.3 is 0 Å². The average Bonchev–Trinajstić information content (AvgIpc) is 2.65. The SMILES string of the molecule is Cc1nn(C)c(C)c1NC(=O)[C@@H](C)N1CCOCC1. The number of hydrogen-bond donors (Lipinski definition) is 1. The predicted octanol–water partition coefficient (Wildman–Crippen LogP) is 0.696. The minimum absolute atomic E-state index is 0.0149. The predicted molar refractivity (Wildman–Crippen MR) is 73.2 cm³/mol. The highest BCUT2D eigenvalue weighted by Gasteiger charge is 2.24. The third-order valence-corrected chi connectivity index (χ3v) is 3.73. The van der Waals surface area contributed by atoms with Gasteiger partial charge < -0.3 is 10.1 Å². The second kappa shape index (κ2) is 5.71. The monoisotopic (exact) mass is 266 g/mol. The van der Waals surface area contributed by atoms with Crippen LogP contribution in [0.15, 0.2) is 0 Å². The van der Waals surface area contributed by atoms with Crippen LogP contribution in [-0.4, -0.2) is 52.9 Å². The average molecular weight is 266 g/mol. The maximum absolute atomic E-state index is 12.3. The smallest absolute Gasteiger partial charge is 0.241 e. The first-order valence-electron chi connectivity index (χ1n) is 6.63. The maximum Gasteiger partial charge on any atom is 0.241 e. The molecule has 2 heterocycles. The van der Waals surface area contributed by atoms with Gasteiger partial charge in [-0.1, -0.05) is 0 Å². The molecule has 1 saturated heterocycles. The molecule has 1 fully saturated rings. The van der Waals surface area contributed by atoms with E-state index in [1.54, 1.807) is 4.68 Å². The molecule has 1 amide bonds. The molecule has 0 saturated carbocycles. The summed E-state index contributed by atoms with van der Waals surface area (Å²) in [5, 5.41) is 7.30. The number of carbonyl (C=O) groups excluding carboxylic acids is 1. The van der Waals surface area contributed by atoms with Crippen LogP contribution in [0.25, 0.3) is 0 Å².